The average molecular weight is 493 g/mol. The van der Waals surface area contributed by atoms with E-state index in [1.54, 1.807) is 26.0 Å². The van der Waals surface area contributed by atoms with Gasteiger partial charge in [0.2, 0.25) is 11.7 Å². The fourth-order valence-electron chi connectivity index (χ4n) is 4.35. The molecule has 2 heterocycles. The fraction of sp³-hybridized carbons (Fsp3) is 0.346. The second kappa shape index (κ2) is 11.0. The maximum atomic E-state index is 12.7. The van der Waals surface area contributed by atoms with Gasteiger partial charge in [-0.1, -0.05) is 48.3 Å². The summed E-state index contributed by atoms with van der Waals surface area (Å²) < 4.78 is 10.9. The van der Waals surface area contributed by atoms with Gasteiger partial charge >= 0.3 is 12.1 Å². The van der Waals surface area contributed by atoms with Crippen LogP contribution in [0, 0.1) is 18.8 Å². The predicted molar refractivity (Wildman–Crippen MR) is 131 cm³/mol. The summed E-state index contributed by atoms with van der Waals surface area (Å²) in [5, 5.41) is 18.8. The number of carbonyl (C=O) groups excluding carboxylic acids is 2. The lowest BCUT2D eigenvalue weighted by atomic mass is 9.78. The Bertz CT molecular complexity index is 1220. The highest BCUT2D eigenvalue weighted by Gasteiger charge is 2.35. The van der Waals surface area contributed by atoms with E-state index < -0.39 is 30.0 Å². The Morgan fingerprint density at radius 3 is 2.44 bits per heavy atom. The van der Waals surface area contributed by atoms with Crippen LogP contribution in [0.5, 0.6) is 0 Å². The molecule has 0 saturated heterocycles. The molecule has 1 saturated carbocycles. The van der Waals surface area contributed by atoms with Crippen LogP contribution in [0.4, 0.5) is 16.2 Å². The van der Waals surface area contributed by atoms with Gasteiger partial charge in [-0.05, 0) is 44.4 Å². The molecule has 2 aromatic heterocycles. The molecule has 3 atom stereocenters. The zero-order chi connectivity index (χ0) is 25.7. The third-order valence-corrected chi connectivity index (χ3v) is 6.33. The molecular formula is C26H28N4O6. The van der Waals surface area contributed by atoms with Gasteiger partial charge in [0.1, 0.15) is 23.2 Å². The van der Waals surface area contributed by atoms with Crippen molar-refractivity contribution in [2.45, 2.75) is 45.6 Å². The van der Waals surface area contributed by atoms with Crippen molar-refractivity contribution in [2.24, 2.45) is 11.8 Å². The van der Waals surface area contributed by atoms with Crippen LogP contribution in [0.1, 0.15) is 50.0 Å². The van der Waals surface area contributed by atoms with Crippen LogP contribution in [-0.2, 0) is 14.3 Å². The summed E-state index contributed by atoms with van der Waals surface area (Å²) in [6, 6.07) is 12.6. The van der Waals surface area contributed by atoms with Crippen LogP contribution < -0.4 is 10.6 Å². The summed E-state index contributed by atoms with van der Waals surface area (Å²) in [6.07, 6.45) is 3.00. The number of hydrogen-bond donors (Lipinski definition) is 3. The summed E-state index contributed by atoms with van der Waals surface area (Å²) in [6.45, 7) is 3.46. The number of ether oxygens (including phenoxy) is 1. The minimum absolute atomic E-state index is 0.243. The van der Waals surface area contributed by atoms with Crippen LogP contribution in [0.15, 0.2) is 53.2 Å². The third-order valence-electron chi connectivity index (χ3n) is 6.33. The molecule has 2 amide bonds. The molecule has 188 valence electrons. The molecule has 10 heteroatoms. The summed E-state index contributed by atoms with van der Waals surface area (Å²) in [4.78, 5) is 41.1. The third kappa shape index (κ3) is 5.70. The van der Waals surface area contributed by atoms with Crippen molar-refractivity contribution in [3.05, 3.63) is 59.9 Å². The van der Waals surface area contributed by atoms with E-state index in [-0.39, 0.29) is 11.7 Å². The highest BCUT2D eigenvalue weighted by molar-refractivity contribution is 5.95. The maximum absolute atomic E-state index is 12.7. The van der Waals surface area contributed by atoms with Gasteiger partial charge in [0, 0.05) is 0 Å². The quantitative estimate of drug-likeness (QED) is 0.409. The van der Waals surface area contributed by atoms with Gasteiger partial charge < -0.3 is 19.7 Å². The SMILES string of the molecule is Cc1noc(-c2ccc(NC(=O)[C@H]3CCCC[C@H]3C(=O)O)cn2)c1NC(=O)OC(C)c1ccccc1. The number of rotatable bonds is 7. The van der Waals surface area contributed by atoms with E-state index in [2.05, 4.69) is 20.8 Å². The molecule has 10 nitrogen and oxygen atoms in total. The number of hydrogen-bond acceptors (Lipinski definition) is 7. The first-order chi connectivity index (χ1) is 17.3. The first-order valence-electron chi connectivity index (χ1n) is 11.8. The number of pyridine rings is 1. The number of nitrogens with zero attached hydrogens (tertiary/aromatic N) is 2. The largest absolute Gasteiger partial charge is 0.481 e. The highest BCUT2D eigenvalue weighted by Crippen LogP contribution is 2.33. The Balaban J connectivity index is 1.42. The molecule has 1 fully saturated rings. The molecule has 0 bridgehead atoms. The maximum Gasteiger partial charge on any atom is 0.412 e. The predicted octanol–water partition coefficient (Wildman–Crippen LogP) is 5.18. The molecule has 3 N–H and O–H groups in total. The molecule has 1 unspecified atom stereocenters. The topological polar surface area (TPSA) is 144 Å². The molecule has 0 aliphatic heterocycles. The normalized spacial score (nSPS) is 18.2. The van der Waals surface area contributed by atoms with Crippen molar-refractivity contribution >= 4 is 29.3 Å². The summed E-state index contributed by atoms with van der Waals surface area (Å²) in [5.74, 6) is -2.28. The van der Waals surface area contributed by atoms with Crippen molar-refractivity contribution in [2.75, 3.05) is 10.6 Å². The van der Waals surface area contributed by atoms with Gasteiger partial charge in [-0.2, -0.15) is 0 Å². The van der Waals surface area contributed by atoms with Gasteiger partial charge in [0.25, 0.3) is 0 Å². The Labute approximate surface area is 208 Å². The summed E-state index contributed by atoms with van der Waals surface area (Å²) in [5.41, 5.74) is 2.46. The molecule has 3 aromatic rings. The van der Waals surface area contributed by atoms with Crippen molar-refractivity contribution in [3.63, 3.8) is 0 Å². The molecule has 4 rings (SSSR count). The number of nitrogens with one attached hydrogen (secondary N) is 2. The van der Waals surface area contributed by atoms with Crippen molar-refractivity contribution < 1.29 is 28.8 Å². The minimum Gasteiger partial charge on any atom is -0.481 e. The summed E-state index contributed by atoms with van der Waals surface area (Å²) >= 11 is 0. The highest BCUT2D eigenvalue weighted by atomic mass is 16.6. The van der Waals surface area contributed by atoms with Crippen molar-refractivity contribution in [1.82, 2.24) is 10.1 Å². The first kappa shape index (κ1) is 24.9. The molecular weight excluding hydrogens is 464 g/mol. The van der Waals surface area contributed by atoms with E-state index in [0.29, 0.717) is 35.6 Å². The van der Waals surface area contributed by atoms with Crippen LogP contribution >= 0.6 is 0 Å². The zero-order valence-corrected chi connectivity index (χ0v) is 20.1. The van der Waals surface area contributed by atoms with Crippen LogP contribution in [0.2, 0.25) is 0 Å². The van der Waals surface area contributed by atoms with Gasteiger partial charge in [-0.3, -0.25) is 19.9 Å². The number of aryl methyl sites for hydroxylation is 1. The lowest BCUT2D eigenvalue weighted by Gasteiger charge is -2.27. The van der Waals surface area contributed by atoms with E-state index in [4.69, 9.17) is 9.26 Å². The van der Waals surface area contributed by atoms with Gasteiger partial charge in [-0.25, -0.2) is 4.79 Å². The van der Waals surface area contributed by atoms with E-state index >= 15 is 0 Å². The minimum atomic E-state index is -0.944. The smallest absolute Gasteiger partial charge is 0.412 e. The van der Waals surface area contributed by atoms with E-state index in [1.165, 1.54) is 6.20 Å². The Kier molecular flexibility index (Phi) is 7.62. The van der Waals surface area contributed by atoms with Crippen molar-refractivity contribution in [1.29, 1.82) is 0 Å². The van der Waals surface area contributed by atoms with Crippen molar-refractivity contribution in [3.8, 4) is 11.5 Å². The fourth-order valence-corrected chi connectivity index (χ4v) is 4.35. The lowest BCUT2D eigenvalue weighted by molar-refractivity contribution is -0.147. The lowest BCUT2D eigenvalue weighted by Crippen LogP contribution is -2.36. The number of aromatic nitrogens is 2. The number of carboxylic acid groups (broad SMARTS) is 1. The molecule has 36 heavy (non-hydrogen) atoms. The Morgan fingerprint density at radius 1 is 1.06 bits per heavy atom. The summed E-state index contributed by atoms with van der Waals surface area (Å²) in [7, 11) is 0. The molecule has 0 spiro atoms. The molecule has 1 aliphatic rings. The van der Waals surface area contributed by atoms with E-state index in [9.17, 15) is 19.5 Å². The second-order valence-electron chi connectivity index (χ2n) is 8.81. The molecule has 0 radical (unpaired) electrons. The number of carbonyl (C=O) groups is 3. The Hall–Kier alpha value is -4.21. The van der Waals surface area contributed by atoms with Crippen LogP contribution in [0.25, 0.3) is 11.5 Å². The number of carboxylic acids is 1. The second-order valence-corrected chi connectivity index (χ2v) is 8.81. The number of amides is 2. The molecule has 1 aromatic carbocycles. The molecule has 1 aliphatic carbocycles. The first-order valence-corrected chi connectivity index (χ1v) is 11.8. The monoisotopic (exact) mass is 492 g/mol. The number of anilines is 2. The Morgan fingerprint density at radius 2 is 1.78 bits per heavy atom. The number of aliphatic carboxylic acids is 1. The van der Waals surface area contributed by atoms with E-state index in [0.717, 1.165) is 18.4 Å². The van der Waals surface area contributed by atoms with Gasteiger partial charge in [-0.15, -0.1) is 0 Å². The van der Waals surface area contributed by atoms with Gasteiger partial charge in [0.15, 0.2) is 0 Å². The van der Waals surface area contributed by atoms with E-state index in [1.807, 2.05) is 30.3 Å². The number of benzene rings is 1. The van der Waals surface area contributed by atoms with Crippen LogP contribution in [-0.4, -0.2) is 33.2 Å². The zero-order valence-electron chi connectivity index (χ0n) is 20.1. The van der Waals surface area contributed by atoms with Gasteiger partial charge in [0.05, 0.1) is 23.7 Å². The average Bonchev–Trinajstić information content (AvgIpc) is 3.24. The van der Waals surface area contributed by atoms with Crippen LogP contribution in [0.3, 0.4) is 0 Å². The standard InChI is InChI=1S/C26H28N4O6/c1-15-22(29-26(34)35-16(2)17-8-4-3-5-9-17)23(36-30-15)21-13-12-18(14-27-21)28-24(31)19-10-6-7-11-20(19)25(32)33/h3-5,8-9,12-14,16,19-20H,6-7,10-11H2,1-2H3,(H,28,31)(H,29,34)(H,32,33)/t16?,19-,20+/m0/s1.